The van der Waals surface area contributed by atoms with E-state index in [9.17, 15) is 0 Å². The molecule has 0 bridgehead atoms. The molecule has 4 heteroatoms. The number of rotatable bonds is 4. The Bertz CT molecular complexity index is 395. The van der Waals surface area contributed by atoms with Gasteiger partial charge in [-0.3, -0.25) is 0 Å². The van der Waals surface area contributed by atoms with Crippen LogP contribution in [0.2, 0.25) is 5.15 Å². The molecular formula is C14H22ClN3. The maximum Gasteiger partial charge on any atom is 0.137 e. The van der Waals surface area contributed by atoms with Crippen LogP contribution in [0.3, 0.4) is 0 Å². The van der Waals surface area contributed by atoms with E-state index in [1.807, 2.05) is 0 Å². The van der Waals surface area contributed by atoms with Crippen molar-refractivity contribution >= 4 is 17.4 Å². The van der Waals surface area contributed by atoms with Crippen molar-refractivity contribution in [3.8, 4) is 0 Å². The van der Waals surface area contributed by atoms with Gasteiger partial charge in [0.15, 0.2) is 0 Å². The molecule has 1 aliphatic rings. The second-order valence-electron chi connectivity index (χ2n) is 5.13. The van der Waals surface area contributed by atoms with Crippen molar-refractivity contribution in [2.45, 2.75) is 58.4 Å². The third-order valence-electron chi connectivity index (χ3n) is 3.95. The molecule has 2 unspecified atom stereocenters. The molecule has 0 spiro atoms. The van der Waals surface area contributed by atoms with E-state index in [1.165, 1.54) is 32.1 Å². The van der Waals surface area contributed by atoms with E-state index in [0.717, 1.165) is 23.7 Å². The van der Waals surface area contributed by atoms with Crippen LogP contribution >= 0.6 is 11.6 Å². The van der Waals surface area contributed by atoms with Crippen molar-refractivity contribution in [2.24, 2.45) is 5.92 Å². The van der Waals surface area contributed by atoms with E-state index in [0.29, 0.717) is 11.2 Å². The SMILES string of the molecule is CCc1c(Cl)ncnc1NC1CCCC(CC)C1. The van der Waals surface area contributed by atoms with Gasteiger partial charge in [0.05, 0.1) is 0 Å². The van der Waals surface area contributed by atoms with Crippen molar-refractivity contribution in [3.05, 3.63) is 17.0 Å². The molecule has 1 aliphatic carbocycles. The molecule has 1 heterocycles. The first-order chi connectivity index (χ1) is 8.74. The summed E-state index contributed by atoms with van der Waals surface area (Å²) < 4.78 is 0. The second kappa shape index (κ2) is 6.37. The summed E-state index contributed by atoms with van der Waals surface area (Å²) in [6, 6.07) is 0.542. The molecule has 1 aromatic rings. The van der Waals surface area contributed by atoms with E-state index in [-0.39, 0.29) is 0 Å². The summed E-state index contributed by atoms with van der Waals surface area (Å²) in [5.41, 5.74) is 1.04. The minimum atomic E-state index is 0.542. The Morgan fingerprint density at radius 2 is 2.17 bits per heavy atom. The Morgan fingerprint density at radius 1 is 1.33 bits per heavy atom. The van der Waals surface area contributed by atoms with Crippen LogP contribution in [0.1, 0.15) is 51.5 Å². The van der Waals surface area contributed by atoms with Gasteiger partial charge in [-0.05, 0) is 25.2 Å². The zero-order chi connectivity index (χ0) is 13.0. The first-order valence-electron chi connectivity index (χ1n) is 7.00. The number of halogens is 1. The Morgan fingerprint density at radius 3 is 2.89 bits per heavy atom. The highest BCUT2D eigenvalue weighted by molar-refractivity contribution is 6.30. The van der Waals surface area contributed by atoms with E-state index < -0.39 is 0 Å². The molecule has 1 aromatic heterocycles. The maximum absolute atomic E-state index is 6.11. The molecule has 0 radical (unpaired) electrons. The third kappa shape index (κ3) is 3.14. The first-order valence-corrected chi connectivity index (χ1v) is 7.38. The normalized spacial score (nSPS) is 23.9. The summed E-state index contributed by atoms with van der Waals surface area (Å²) in [5, 5.41) is 4.15. The minimum absolute atomic E-state index is 0.542. The number of hydrogen-bond donors (Lipinski definition) is 1. The van der Waals surface area contributed by atoms with Gasteiger partial charge < -0.3 is 5.32 Å². The number of nitrogens with one attached hydrogen (secondary N) is 1. The predicted molar refractivity (Wildman–Crippen MR) is 76.1 cm³/mol. The van der Waals surface area contributed by atoms with E-state index in [1.54, 1.807) is 6.33 Å². The highest BCUT2D eigenvalue weighted by Gasteiger charge is 2.21. The van der Waals surface area contributed by atoms with Crippen LogP contribution in [0.5, 0.6) is 0 Å². The summed E-state index contributed by atoms with van der Waals surface area (Å²) in [6.45, 7) is 4.37. The van der Waals surface area contributed by atoms with Crippen molar-refractivity contribution in [3.63, 3.8) is 0 Å². The van der Waals surface area contributed by atoms with Gasteiger partial charge >= 0.3 is 0 Å². The lowest BCUT2D eigenvalue weighted by molar-refractivity contribution is 0.327. The molecule has 1 saturated carbocycles. The minimum Gasteiger partial charge on any atom is -0.367 e. The summed E-state index contributed by atoms with van der Waals surface area (Å²) >= 11 is 6.11. The Balaban J connectivity index is 2.07. The molecule has 0 aliphatic heterocycles. The number of hydrogen-bond acceptors (Lipinski definition) is 3. The van der Waals surface area contributed by atoms with Gasteiger partial charge in [-0.25, -0.2) is 9.97 Å². The van der Waals surface area contributed by atoms with E-state index in [4.69, 9.17) is 11.6 Å². The Labute approximate surface area is 114 Å². The molecule has 1 fully saturated rings. The van der Waals surface area contributed by atoms with Gasteiger partial charge in [0.2, 0.25) is 0 Å². The second-order valence-corrected chi connectivity index (χ2v) is 5.49. The van der Waals surface area contributed by atoms with E-state index >= 15 is 0 Å². The molecular weight excluding hydrogens is 246 g/mol. The maximum atomic E-state index is 6.11. The predicted octanol–water partition coefficient (Wildman–Crippen LogP) is 4.07. The van der Waals surface area contributed by atoms with Crippen molar-refractivity contribution in [2.75, 3.05) is 5.32 Å². The highest BCUT2D eigenvalue weighted by Crippen LogP contribution is 2.29. The number of anilines is 1. The molecule has 1 N–H and O–H groups in total. The van der Waals surface area contributed by atoms with Crippen molar-refractivity contribution in [1.82, 2.24) is 9.97 Å². The fraction of sp³-hybridized carbons (Fsp3) is 0.714. The standard InChI is InChI=1S/C14H22ClN3/c1-3-10-6-5-7-11(8-10)18-14-12(4-2)13(15)16-9-17-14/h9-11H,3-8H2,1-2H3,(H,16,17,18). The van der Waals surface area contributed by atoms with Gasteiger partial charge in [-0.1, -0.05) is 44.7 Å². The Kier molecular flexibility index (Phi) is 4.81. The third-order valence-corrected chi connectivity index (χ3v) is 4.27. The van der Waals surface area contributed by atoms with Crippen molar-refractivity contribution < 1.29 is 0 Å². The van der Waals surface area contributed by atoms with Gasteiger partial charge in [0.25, 0.3) is 0 Å². The summed E-state index contributed by atoms with van der Waals surface area (Å²) in [7, 11) is 0. The summed E-state index contributed by atoms with van der Waals surface area (Å²) in [4.78, 5) is 8.40. The smallest absolute Gasteiger partial charge is 0.137 e. The van der Waals surface area contributed by atoms with E-state index in [2.05, 4.69) is 29.1 Å². The fourth-order valence-electron chi connectivity index (χ4n) is 2.81. The summed E-state index contributed by atoms with van der Waals surface area (Å²) in [5.74, 6) is 1.79. The van der Waals surface area contributed by atoms with Crippen LogP contribution in [0.25, 0.3) is 0 Å². The first kappa shape index (κ1) is 13.6. The van der Waals surface area contributed by atoms with Crippen LogP contribution in [-0.4, -0.2) is 16.0 Å². The Hall–Kier alpha value is -0.830. The molecule has 2 atom stereocenters. The molecule has 0 aromatic carbocycles. The lowest BCUT2D eigenvalue weighted by Crippen LogP contribution is -2.28. The molecule has 100 valence electrons. The van der Waals surface area contributed by atoms with Crippen LogP contribution in [0.4, 0.5) is 5.82 Å². The van der Waals surface area contributed by atoms with Gasteiger partial charge in [0.1, 0.15) is 17.3 Å². The zero-order valence-electron chi connectivity index (χ0n) is 11.2. The fourth-order valence-corrected chi connectivity index (χ4v) is 3.08. The lowest BCUT2D eigenvalue weighted by atomic mass is 9.84. The summed E-state index contributed by atoms with van der Waals surface area (Å²) in [6.07, 6.45) is 8.87. The molecule has 18 heavy (non-hydrogen) atoms. The molecule has 0 saturated heterocycles. The topological polar surface area (TPSA) is 37.8 Å². The van der Waals surface area contributed by atoms with Crippen LogP contribution < -0.4 is 5.32 Å². The van der Waals surface area contributed by atoms with Gasteiger partial charge in [0, 0.05) is 11.6 Å². The van der Waals surface area contributed by atoms with Gasteiger partial charge in [-0.2, -0.15) is 0 Å². The van der Waals surface area contributed by atoms with Crippen LogP contribution in [0.15, 0.2) is 6.33 Å². The molecule has 2 rings (SSSR count). The zero-order valence-corrected chi connectivity index (χ0v) is 12.0. The van der Waals surface area contributed by atoms with Crippen molar-refractivity contribution in [1.29, 1.82) is 0 Å². The number of nitrogens with zero attached hydrogens (tertiary/aromatic N) is 2. The average molecular weight is 268 g/mol. The number of aromatic nitrogens is 2. The van der Waals surface area contributed by atoms with Gasteiger partial charge in [-0.15, -0.1) is 0 Å². The average Bonchev–Trinajstić information content (AvgIpc) is 2.39. The quantitative estimate of drug-likeness (QED) is 0.836. The van der Waals surface area contributed by atoms with Crippen LogP contribution in [0, 0.1) is 5.92 Å². The van der Waals surface area contributed by atoms with Crippen LogP contribution in [-0.2, 0) is 6.42 Å². The highest BCUT2D eigenvalue weighted by atomic mass is 35.5. The largest absolute Gasteiger partial charge is 0.367 e. The monoisotopic (exact) mass is 267 g/mol. The molecule has 3 nitrogen and oxygen atoms in total. The lowest BCUT2D eigenvalue weighted by Gasteiger charge is -2.30. The molecule has 0 amide bonds.